The monoisotopic (exact) mass is 825 g/mol. The standard InChI is InChI=1S/C53H92O6/c1-4-7-10-13-16-19-22-25-26-29-31-34-37-40-43-46-52(55)58-49-50(59-53(56)47-44-41-38-35-32-28-24-21-18-15-12-9-6-3)48-57-51(54)45-42-39-36-33-30-27-23-20-17-14-11-8-5-2/h7,10,13,16,19,22,25-26,28,32,50H,4-6,8-9,11-12,14-15,17-18,20-21,23-24,27,29-31,33-49H2,1-3H3/b10-7-,16-13-,22-19-,26-25-,32-28-. The SMILES string of the molecule is CC\C=C/C=C\C=C/C=C\CCCCCCCC(=O)OCC(COC(=O)CCCCCCCCCCCCCCC)OC(=O)CCCCC/C=C\CCCCCCCC. The minimum Gasteiger partial charge on any atom is -0.462 e. The lowest BCUT2D eigenvalue weighted by Crippen LogP contribution is -2.30. The van der Waals surface area contributed by atoms with Gasteiger partial charge in [0.1, 0.15) is 13.2 Å². The summed E-state index contributed by atoms with van der Waals surface area (Å²) in [6.07, 6.45) is 57.7. The van der Waals surface area contributed by atoms with Crippen LogP contribution in [-0.2, 0) is 28.6 Å². The zero-order valence-corrected chi connectivity index (χ0v) is 38.8. The number of esters is 3. The molecule has 0 aliphatic rings. The largest absolute Gasteiger partial charge is 0.462 e. The van der Waals surface area contributed by atoms with Crippen LogP contribution in [-0.4, -0.2) is 37.2 Å². The van der Waals surface area contributed by atoms with E-state index in [2.05, 4.69) is 63.3 Å². The average molecular weight is 825 g/mol. The quantitative estimate of drug-likeness (QED) is 0.0200. The van der Waals surface area contributed by atoms with E-state index in [1.807, 2.05) is 18.2 Å². The molecule has 1 atom stereocenters. The van der Waals surface area contributed by atoms with E-state index in [9.17, 15) is 14.4 Å². The molecule has 0 fully saturated rings. The smallest absolute Gasteiger partial charge is 0.306 e. The normalized spacial score (nSPS) is 12.5. The van der Waals surface area contributed by atoms with E-state index in [0.717, 1.165) is 96.3 Å². The van der Waals surface area contributed by atoms with Crippen LogP contribution in [0.2, 0.25) is 0 Å². The Kier molecular flexibility index (Phi) is 45.4. The van der Waals surface area contributed by atoms with E-state index >= 15 is 0 Å². The summed E-state index contributed by atoms with van der Waals surface area (Å²) >= 11 is 0. The van der Waals surface area contributed by atoms with Crippen molar-refractivity contribution in [2.75, 3.05) is 13.2 Å². The molecule has 6 heteroatoms. The Balaban J connectivity index is 4.43. The molecule has 0 saturated heterocycles. The Morgan fingerprint density at radius 2 is 0.678 bits per heavy atom. The van der Waals surface area contributed by atoms with Crippen molar-refractivity contribution in [2.24, 2.45) is 0 Å². The predicted molar refractivity (Wildman–Crippen MR) is 251 cm³/mol. The molecule has 0 aromatic carbocycles. The molecule has 0 aliphatic carbocycles. The zero-order chi connectivity index (χ0) is 43.0. The molecule has 0 amide bonds. The summed E-state index contributed by atoms with van der Waals surface area (Å²) in [6, 6.07) is 0. The molecular weight excluding hydrogens is 733 g/mol. The van der Waals surface area contributed by atoms with Crippen molar-refractivity contribution in [1.82, 2.24) is 0 Å². The lowest BCUT2D eigenvalue weighted by molar-refractivity contribution is -0.167. The first-order chi connectivity index (χ1) is 29.0. The van der Waals surface area contributed by atoms with Crippen molar-refractivity contribution < 1.29 is 28.6 Å². The fourth-order valence-electron chi connectivity index (χ4n) is 6.86. The first-order valence-electron chi connectivity index (χ1n) is 24.8. The molecule has 0 spiro atoms. The molecule has 1 unspecified atom stereocenters. The van der Waals surface area contributed by atoms with Crippen molar-refractivity contribution >= 4 is 17.9 Å². The summed E-state index contributed by atoms with van der Waals surface area (Å²) in [6.45, 7) is 6.46. The summed E-state index contributed by atoms with van der Waals surface area (Å²) in [4.78, 5) is 37.9. The van der Waals surface area contributed by atoms with Crippen LogP contribution in [0.1, 0.15) is 239 Å². The van der Waals surface area contributed by atoms with Gasteiger partial charge in [-0.3, -0.25) is 14.4 Å². The number of carbonyl (C=O) groups excluding carboxylic acids is 3. The van der Waals surface area contributed by atoms with Gasteiger partial charge in [-0.05, 0) is 64.2 Å². The number of rotatable bonds is 44. The van der Waals surface area contributed by atoms with Crippen molar-refractivity contribution in [2.45, 2.75) is 245 Å². The second kappa shape index (κ2) is 47.8. The molecule has 0 N–H and O–H groups in total. The first-order valence-corrected chi connectivity index (χ1v) is 24.8. The Morgan fingerprint density at radius 1 is 0.356 bits per heavy atom. The molecule has 340 valence electrons. The van der Waals surface area contributed by atoms with Gasteiger partial charge < -0.3 is 14.2 Å². The highest BCUT2D eigenvalue weighted by molar-refractivity contribution is 5.71. The molecule has 0 rings (SSSR count). The van der Waals surface area contributed by atoms with Gasteiger partial charge in [0.05, 0.1) is 0 Å². The van der Waals surface area contributed by atoms with Crippen LogP contribution >= 0.6 is 0 Å². The van der Waals surface area contributed by atoms with Gasteiger partial charge in [-0.2, -0.15) is 0 Å². The predicted octanol–water partition coefficient (Wildman–Crippen LogP) is 16.1. The van der Waals surface area contributed by atoms with Crippen LogP contribution < -0.4 is 0 Å². The molecule has 0 saturated carbocycles. The van der Waals surface area contributed by atoms with Gasteiger partial charge in [0.2, 0.25) is 0 Å². The number of hydrogen-bond donors (Lipinski definition) is 0. The van der Waals surface area contributed by atoms with Gasteiger partial charge in [-0.25, -0.2) is 0 Å². The van der Waals surface area contributed by atoms with Crippen molar-refractivity contribution in [3.63, 3.8) is 0 Å². The van der Waals surface area contributed by atoms with Crippen LogP contribution in [0.3, 0.4) is 0 Å². The Labute approximate surface area is 364 Å². The van der Waals surface area contributed by atoms with Crippen molar-refractivity contribution in [3.05, 3.63) is 60.8 Å². The van der Waals surface area contributed by atoms with Crippen LogP contribution in [0, 0.1) is 0 Å². The maximum absolute atomic E-state index is 12.8. The van der Waals surface area contributed by atoms with E-state index in [-0.39, 0.29) is 31.1 Å². The van der Waals surface area contributed by atoms with Gasteiger partial charge >= 0.3 is 17.9 Å². The summed E-state index contributed by atoms with van der Waals surface area (Å²) in [5.74, 6) is -0.924. The molecule has 0 heterocycles. The molecule has 0 aromatic rings. The second-order valence-electron chi connectivity index (χ2n) is 16.4. The molecule has 0 bridgehead atoms. The number of ether oxygens (including phenoxy) is 3. The van der Waals surface area contributed by atoms with Gasteiger partial charge in [0.25, 0.3) is 0 Å². The van der Waals surface area contributed by atoms with Crippen LogP contribution in [0.4, 0.5) is 0 Å². The van der Waals surface area contributed by atoms with E-state index in [1.54, 1.807) is 0 Å². The van der Waals surface area contributed by atoms with Crippen LogP contribution in [0.5, 0.6) is 0 Å². The minimum atomic E-state index is -0.788. The highest BCUT2D eigenvalue weighted by atomic mass is 16.6. The number of allylic oxidation sites excluding steroid dienone is 10. The maximum Gasteiger partial charge on any atom is 0.306 e. The van der Waals surface area contributed by atoms with Gasteiger partial charge in [0.15, 0.2) is 6.10 Å². The lowest BCUT2D eigenvalue weighted by Gasteiger charge is -2.18. The van der Waals surface area contributed by atoms with Gasteiger partial charge in [0, 0.05) is 19.3 Å². The van der Waals surface area contributed by atoms with Gasteiger partial charge in [-0.15, -0.1) is 0 Å². The topological polar surface area (TPSA) is 78.9 Å². The summed E-state index contributed by atoms with van der Waals surface area (Å²) in [5, 5.41) is 0. The Morgan fingerprint density at radius 3 is 1.10 bits per heavy atom. The molecule has 6 nitrogen and oxygen atoms in total. The third-order valence-corrected chi connectivity index (χ3v) is 10.6. The highest BCUT2D eigenvalue weighted by Gasteiger charge is 2.19. The molecular formula is C53H92O6. The lowest BCUT2D eigenvalue weighted by atomic mass is 10.0. The zero-order valence-electron chi connectivity index (χ0n) is 38.8. The fraction of sp³-hybridized carbons (Fsp3) is 0.755. The van der Waals surface area contributed by atoms with E-state index in [0.29, 0.717) is 19.3 Å². The third kappa shape index (κ3) is 46.0. The third-order valence-electron chi connectivity index (χ3n) is 10.6. The molecule has 0 radical (unpaired) electrons. The number of unbranched alkanes of at least 4 members (excludes halogenated alkanes) is 26. The van der Waals surface area contributed by atoms with Crippen LogP contribution in [0.25, 0.3) is 0 Å². The Bertz CT molecular complexity index is 1090. The van der Waals surface area contributed by atoms with Gasteiger partial charge in [-0.1, -0.05) is 216 Å². The Hall–Kier alpha value is -2.89. The number of carbonyl (C=O) groups is 3. The van der Waals surface area contributed by atoms with Crippen molar-refractivity contribution in [3.8, 4) is 0 Å². The first kappa shape index (κ1) is 56.1. The van der Waals surface area contributed by atoms with Crippen LogP contribution in [0.15, 0.2) is 60.8 Å². The number of hydrogen-bond acceptors (Lipinski definition) is 6. The van der Waals surface area contributed by atoms with E-state index in [4.69, 9.17) is 14.2 Å². The van der Waals surface area contributed by atoms with E-state index in [1.165, 1.54) is 103 Å². The highest BCUT2D eigenvalue weighted by Crippen LogP contribution is 2.15. The minimum absolute atomic E-state index is 0.0864. The summed E-state index contributed by atoms with van der Waals surface area (Å²) < 4.78 is 16.7. The van der Waals surface area contributed by atoms with Crippen molar-refractivity contribution in [1.29, 1.82) is 0 Å². The molecule has 0 aliphatic heterocycles. The maximum atomic E-state index is 12.8. The second-order valence-corrected chi connectivity index (χ2v) is 16.4. The summed E-state index contributed by atoms with van der Waals surface area (Å²) in [7, 11) is 0. The summed E-state index contributed by atoms with van der Waals surface area (Å²) in [5.41, 5.74) is 0. The molecule has 59 heavy (non-hydrogen) atoms. The van der Waals surface area contributed by atoms with E-state index < -0.39 is 6.10 Å². The molecule has 0 aromatic heterocycles. The average Bonchev–Trinajstić information content (AvgIpc) is 3.23. The fourth-order valence-corrected chi connectivity index (χ4v) is 6.86.